The van der Waals surface area contributed by atoms with Crippen LogP contribution in [0.5, 0.6) is 5.75 Å². The molecule has 34 heavy (non-hydrogen) atoms. The van der Waals surface area contributed by atoms with Gasteiger partial charge in [0.15, 0.2) is 0 Å². The maximum absolute atomic E-state index is 13.3. The van der Waals surface area contributed by atoms with E-state index in [1.165, 1.54) is 15.8 Å². The first kappa shape index (κ1) is 22.3. The molecule has 0 saturated heterocycles. The van der Waals surface area contributed by atoms with Crippen molar-refractivity contribution in [2.24, 2.45) is 5.10 Å². The smallest absolute Gasteiger partial charge is 0.263 e. The molecule has 7 nitrogen and oxygen atoms in total. The van der Waals surface area contributed by atoms with Gasteiger partial charge in [0.1, 0.15) is 16.6 Å². The number of hydrazone groups is 1. The Morgan fingerprint density at radius 2 is 2.09 bits per heavy atom. The molecule has 4 aromatic rings. The molecule has 1 atom stereocenters. The van der Waals surface area contributed by atoms with Crippen LogP contribution in [-0.4, -0.2) is 28.3 Å². The summed E-state index contributed by atoms with van der Waals surface area (Å²) in [6.45, 7) is 4.13. The van der Waals surface area contributed by atoms with E-state index in [0.717, 1.165) is 52.4 Å². The number of fused-ring (bicyclic) bond motifs is 4. The second kappa shape index (κ2) is 9.38. The number of carbonyl (C=O) groups is 1. The van der Waals surface area contributed by atoms with Crippen molar-refractivity contribution in [3.05, 3.63) is 69.1 Å². The molecule has 0 spiro atoms. The number of thiophene rings is 1. The summed E-state index contributed by atoms with van der Waals surface area (Å²) in [6, 6.07) is 11.1. The third-order valence-corrected chi connectivity index (χ3v) is 7.50. The fourth-order valence-corrected chi connectivity index (χ4v) is 5.72. The number of benzene rings is 2. The number of hydrogen-bond acceptors (Lipinski definition) is 6. The first-order valence-electron chi connectivity index (χ1n) is 11.6. The minimum absolute atomic E-state index is 0.163. The SMILES string of the molecule is CCOc1ccc2ccccc2c1/C=N\NC(=O)[C@@H](C)n1cnc2sc3c(c2c1=O)CCCC3. The van der Waals surface area contributed by atoms with Crippen LogP contribution >= 0.6 is 11.3 Å². The monoisotopic (exact) mass is 474 g/mol. The Morgan fingerprint density at radius 1 is 1.26 bits per heavy atom. The summed E-state index contributed by atoms with van der Waals surface area (Å²) in [5.41, 5.74) is 4.33. The quantitative estimate of drug-likeness (QED) is 0.327. The maximum atomic E-state index is 13.3. The molecule has 174 valence electrons. The van der Waals surface area contributed by atoms with E-state index < -0.39 is 6.04 Å². The average molecular weight is 475 g/mol. The molecule has 0 bridgehead atoms. The van der Waals surface area contributed by atoms with E-state index in [4.69, 9.17) is 4.74 Å². The van der Waals surface area contributed by atoms with Gasteiger partial charge in [0.2, 0.25) is 0 Å². The van der Waals surface area contributed by atoms with Crippen LogP contribution < -0.4 is 15.7 Å². The summed E-state index contributed by atoms with van der Waals surface area (Å²) < 4.78 is 7.16. The summed E-state index contributed by atoms with van der Waals surface area (Å²) >= 11 is 1.60. The van der Waals surface area contributed by atoms with E-state index in [1.807, 2.05) is 43.3 Å². The minimum Gasteiger partial charge on any atom is -0.493 e. The summed E-state index contributed by atoms with van der Waals surface area (Å²) in [6.07, 6.45) is 7.19. The van der Waals surface area contributed by atoms with E-state index >= 15 is 0 Å². The molecule has 1 aliphatic carbocycles. The summed E-state index contributed by atoms with van der Waals surface area (Å²) in [5.74, 6) is 0.308. The number of aromatic nitrogens is 2. The first-order valence-corrected chi connectivity index (χ1v) is 12.4. The highest BCUT2D eigenvalue weighted by Crippen LogP contribution is 2.33. The minimum atomic E-state index is -0.750. The molecule has 0 unspecified atom stereocenters. The molecule has 0 fully saturated rings. The van der Waals surface area contributed by atoms with Gasteiger partial charge >= 0.3 is 0 Å². The lowest BCUT2D eigenvalue weighted by molar-refractivity contribution is -0.123. The highest BCUT2D eigenvalue weighted by Gasteiger charge is 2.23. The van der Waals surface area contributed by atoms with Gasteiger partial charge in [0, 0.05) is 10.4 Å². The van der Waals surface area contributed by atoms with Crippen molar-refractivity contribution in [1.29, 1.82) is 0 Å². The zero-order valence-corrected chi connectivity index (χ0v) is 20.0. The third-order valence-electron chi connectivity index (χ3n) is 6.30. The fraction of sp³-hybridized carbons (Fsp3) is 0.308. The summed E-state index contributed by atoms with van der Waals surface area (Å²) in [4.78, 5) is 32.7. The molecule has 1 N–H and O–H groups in total. The number of ether oxygens (including phenoxy) is 1. The Bertz CT molecular complexity index is 1470. The van der Waals surface area contributed by atoms with Crippen LogP contribution in [0.25, 0.3) is 21.0 Å². The zero-order valence-electron chi connectivity index (χ0n) is 19.2. The van der Waals surface area contributed by atoms with Crippen LogP contribution in [0, 0.1) is 0 Å². The maximum Gasteiger partial charge on any atom is 0.263 e. The Labute approximate surface area is 201 Å². The zero-order chi connectivity index (χ0) is 23.7. The number of carbonyl (C=O) groups excluding carboxylic acids is 1. The van der Waals surface area contributed by atoms with Gasteiger partial charge in [-0.05, 0) is 61.9 Å². The van der Waals surface area contributed by atoms with E-state index in [0.29, 0.717) is 17.7 Å². The van der Waals surface area contributed by atoms with E-state index in [-0.39, 0.29) is 11.5 Å². The molecule has 0 radical (unpaired) electrons. The molecule has 1 aliphatic rings. The molecule has 5 rings (SSSR count). The standard InChI is InChI=1S/C26H26N4O3S/c1-3-33-21-13-12-17-8-4-5-9-18(17)20(21)14-28-29-24(31)16(2)30-15-27-25-23(26(30)32)19-10-6-7-11-22(19)34-25/h4-5,8-9,12-16H,3,6-7,10-11H2,1-2H3,(H,29,31)/b28-14-/t16-/m1/s1. The lowest BCUT2D eigenvalue weighted by Crippen LogP contribution is -2.34. The van der Waals surface area contributed by atoms with E-state index in [1.54, 1.807) is 24.5 Å². The van der Waals surface area contributed by atoms with Crippen LogP contribution in [0.2, 0.25) is 0 Å². The van der Waals surface area contributed by atoms with Crippen LogP contribution in [0.4, 0.5) is 0 Å². The van der Waals surface area contributed by atoms with Crippen LogP contribution in [0.15, 0.2) is 52.6 Å². The number of hydrogen-bond donors (Lipinski definition) is 1. The van der Waals surface area contributed by atoms with Gasteiger partial charge < -0.3 is 4.74 Å². The predicted octanol–water partition coefficient (Wildman–Crippen LogP) is 4.60. The molecule has 0 aliphatic heterocycles. The van der Waals surface area contributed by atoms with Gasteiger partial charge in [-0.2, -0.15) is 5.10 Å². The van der Waals surface area contributed by atoms with Gasteiger partial charge in [0.25, 0.3) is 11.5 Å². The number of amides is 1. The van der Waals surface area contributed by atoms with E-state index in [9.17, 15) is 9.59 Å². The normalized spacial score (nSPS) is 14.4. The Morgan fingerprint density at radius 3 is 2.94 bits per heavy atom. The number of aryl methyl sites for hydroxylation is 2. The Kier molecular flexibility index (Phi) is 6.15. The second-order valence-electron chi connectivity index (χ2n) is 8.39. The topological polar surface area (TPSA) is 85.6 Å². The molecular weight excluding hydrogens is 448 g/mol. The van der Waals surface area contributed by atoms with Crippen LogP contribution in [0.3, 0.4) is 0 Å². The van der Waals surface area contributed by atoms with Crippen LogP contribution in [-0.2, 0) is 17.6 Å². The summed E-state index contributed by atoms with van der Waals surface area (Å²) in [7, 11) is 0. The largest absolute Gasteiger partial charge is 0.493 e. The molecule has 1 amide bonds. The molecule has 2 aromatic heterocycles. The van der Waals surface area contributed by atoms with Gasteiger partial charge in [-0.25, -0.2) is 10.4 Å². The highest BCUT2D eigenvalue weighted by atomic mass is 32.1. The third kappa shape index (κ3) is 3.98. The second-order valence-corrected chi connectivity index (χ2v) is 9.47. The van der Waals surface area contributed by atoms with Crippen molar-refractivity contribution < 1.29 is 9.53 Å². The van der Waals surface area contributed by atoms with Crippen molar-refractivity contribution in [2.75, 3.05) is 6.61 Å². The lowest BCUT2D eigenvalue weighted by atomic mass is 9.97. The van der Waals surface area contributed by atoms with E-state index in [2.05, 4.69) is 15.5 Å². The van der Waals surface area contributed by atoms with Gasteiger partial charge in [-0.1, -0.05) is 30.3 Å². The van der Waals surface area contributed by atoms with Crippen molar-refractivity contribution in [3.63, 3.8) is 0 Å². The molecule has 0 saturated carbocycles. The predicted molar refractivity (Wildman–Crippen MR) is 136 cm³/mol. The Balaban J connectivity index is 1.40. The summed E-state index contributed by atoms with van der Waals surface area (Å²) in [5, 5.41) is 6.90. The van der Waals surface area contributed by atoms with Gasteiger partial charge in [-0.15, -0.1) is 11.3 Å². The molecule has 2 aromatic carbocycles. The number of nitrogens with zero attached hydrogens (tertiary/aromatic N) is 3. The van der Waals surface area contributed by atoms with Gasteiger partial charge in [-0.3, -0.25) is 14.2 Å². The number of rotatable bonds is 6. The van der Waals surface area contributed by atoms with Crippen molar-refractivity contribution in [2.45, 2.75) is 45.6 Å². The average Bonchev–Trinajstić information content (AvgIpc) is 3.24. The lowest BCUT2D eigenvalue weighted by Gasteiger charge is -2.14. The van der Waals surface area contributed by atoms with Crippen molar-refractivity contribution >= 4 is 44.4 Å². The molecule has 8 heteroatoms. The first-order chi connectivity index (χ1) is 16.6. The van der Waals surface area contributed by atoms with Crippen LogP contribution in [0.1, 0.15) is 48.7 Å². The Hall–Kier alpha value is -3.52. The fourth-order valence-electron chi connectivity index (χ4n) is 4.51. The highest BCUT2D eigenvalue weighted by molar-refractivity contribution is 7.18. The van der Waals surface area contributed by atoms with Crippen molar-refractivity contribution in [1.82, 2.24) is 15.0 Å². The molecule has 2 heterocycles. The number of nitrogens with one attached hydrogen (secondary N) is 1. The molecular formula is C26H26N4O3S. The van der Waals surface area contributed by atoms with Gasteiger partial charge in [0.05, 0.1) is 24.5 Å². The van der Waals surface area contributed by atoms with Crippen molar-refractivity contribution in [3.8, 4) is 5.75 Å².